The van der Waals surface area contributed by atoms with Crippen molar-refractivity contribution >= 4 is 17.0 Å². The number of aromatic nitrogens is 2. The van der Waals surface area contributed by atoms with Crippen LogP contribution in [0.3, 0.4) is 0 Å². The van der Waals surface area contributed by atoms with Crippen molar-refractivity contribution in [3.05, 3.63) is 52.2 Å². The van der Waals surface area contributed by atoms with Gasteiger partial charge in [-0.05, 0) is 26.0 Å². The van der Waals surface area contributed by atoms with Crippen LogP contribution in [-0.2, 0) is 17.9 Å². The quantitative estimate of drug-likeness (QED) is 0.789. The van der Waals surface area contributed by atoms with Crippen molar-refractivity contribution in [2.24, 2.45) is 0 Å². The van der Waals surface area contributed by atoms with Gasteiger partial charge < -0.3 is 14.2 Å². The van der Waals surface area contributed by atoms with Crippen LogP contribution in [0.1, 0.15) is 17.1 Å². The fraction of sp³-hybridized carbons (Fsp3) is 0.267. The predicted octanol–water partition coefficient (Wildman–Crippen LogP) is 1.52. The number of nitrogens with zero attached hydrogens (tertiary/aromatic N) is 2. The Labute approximate surface area is 125 Å². The molecule has 1 N–H and O–H groups in total. The molecule has 0 unspecified atom stereocenters. The Hall–Kier alpha value is -2.83. The van der Waals surface area contributed by atoms with E-state index in [2.05, 4.69) is 10.3 Å². The van der Waals surface area contributed by atoms with Crippen LogP contribution in [0.2, 0.25) is 0 Å². The minimum atomic E-state index is -0.294. The SMILES string of the molecule is Cc1oc2ncn(CC(=O)NCc3ccco3)c(=O)c2c1C. The first-order valence-corrected chi connectivity index (χ1v) is 6.80. The fourth-order valence-electron chi connectivity index (χ4n) is 2.19. The number of amides is 1. The maximum Gasteiger partial charge on any atom is 0.265 e. The summed E-state index contributed by atoms with van der Waals surface area (Å²) in [6.45, 7) is 3.74. The number of furan rings is 2. The van der Waals surface area contributed by atoms with Crippen molar-refractivity contribution < 1.29 is 13.6 Å². The molecule has 3 aromatic heterocycles. The summed E-state index contributed by atoms with van der Waals surface area (Å²) in [7, 11) is 0. The van der Waals surface area contributed by atoms with Gasteiger partial charge in [0.25, 0.3) is 5.56 Å². The van der Waals surface area contributed by atoms with Crippen LogP contribution < -0.4 is 10.9 Å². The zero-order valence-electron chi connectivity index (χ0n) is 12.3. The van der Waals surface area contributed by atoms with Crippen molar-refractivity contribution in [1.82, 2.24) is 14.9 Å². The lowest BCUT2D eigenvalue weighted by molar-refractivity contribution is -0.122. The highest BCUT2D eigenvalue weighted by Crippen LogP contribution is 2.18. The maximum atomic E-state index is 12.4. The summed E-state index contributed by atoms with van der Waals surface area (Å²) in [6.07, 6.45) is 2.85. The third kappa shape index (κ3) is 2.52. The molecule has 0 saturated carbocycles. The van der Waals surface area contributed by atoms with Gasteiger partial charge in [-0.2, -0.15) is 0 Å². The number of hydrogen-bond donors (Lipinski definition) is 1. The molecule has 0 aliphatic rings. The number of rotatable bonds is 4. The highest BCUT2D eigenvalue weighted by Gasteiger charge is 2.15. The highest BCUT2D eigenvalue weighted by molar-refractivity contribution is 5.79. The first-order valence-electron chi connectivity index (χ1n) is 6.80. The Morgan fingerprint density at radius 2 is 2.23 bits per heavy atom. The topological polar surface area (TPSA) is 90.3 Å². The van der Waals surface area contributed by atoms with Gasteiger partial charge in [0.15, 0.2) is 0 Å². The van der Waals surface area contributed by atoms with E-state index in [1.54, 1.807) is 26.0 Å². The molecule has 0 aromatic carbocycles. The molecule has 114 valence electrons. The van der Waals surface area contributed by atoms with E-state index in [0.717, 1.165) is 5.56 Å². The molecule has 1 amide bonds. The summed E-state index contributed by atoms with van der Waals surface area (Å²) in [5, 5.41) is 3.10. The number of nitrogens with one attached hydrogen (secondary N) is 1. The number of carbonyl (C=O) groups excluding carboxylic acids is 1. The molecule has 3 aromatic rings. The van der Waals surface area contributed by atoms with E-state index < -0.39 is 0 Å². The van der Waals surface area contributed by atoms with Crippen LogP contribution in [0, 0.1) is 13.8 Å². The van der Waals surface area contributed by atoms with Crippen molar-refractivity contribution in [3.63, 3.8) is 0 Å². The van der Waals surface area contributed by atoms with Gasteiger partial charge in [-0.1, -0.05) is 0 Å². The Kier molecular flexibility index (Phi) is 3.54. The monoisotopic (exact) mass is 301 g/mol. The average molecular weight is 301 g/mol. The lowest BCUT2D eigenvalue weighted by Crippen LogP contribution is -2.32. The molecular weight excluding hydrogens is 286 g/mol. The number of hydrogen-bond acceptors (Lipinski definition) is 5. The molecule has 3 rings (SSSR count). The Morgan fingerprint density at radius 1 is 1.41 bits per heavy atom. The van der Waals surface area contributed by atoms with Crippen molar-refractivity contribution in [2.45, 2.75) is 26.9 Å². The zero-order chi connectivity index (χ0) is 15.7. The molecule has 0 atom stereocenters. The third-order valence-electron chi connectivity index (χ3n) is 3.51. The van der Waals surface area contributed by atoms with Gasteiger partial charge in [0.2, 0.25) is 11.6 Å². The number of carbonyl (C=O) groups is 1. The van der Waals surface area contributed by atoms with Gasteiger partial charge in [0.05, 0.1) is 12.8 Å². The molecule has 0 aliphatic heterocycles. The molecule has 0 fully saturated rings. The second kappa shape index (κ2) is 5.51. The van der Waals surface area contributed by atoms with Gasteiger partial charge in [0, 0.05) is 5.56 Å². The molecule has 0 aliphatic carbocycles. The first-order chi connectivity index (χ1) is 10.6. The number of fused-ring (bicyclic) bond motifs is 1. The maximum absolute atomic E-state index is 12.4. The summed E-state index contributed by atoms with van der Waals surface area (Å²) in [5.41, 5.74) is 0.762. The van der Waals surface area contributed by atoms with Crippen molar-refractivity contribution in [2.75, 3.05) is 0 Å². The fourth-order valence-corrected chi connectivity index (χ4v) is 2.19. The van der Waals surface area contributed by atoms with Crippen LogP contribution in [0.15, 0.2) is 38.4 Å². The molecule has 0 bridgehead atoms. The van der Waals surface area contributed by atoms with Gasteiger partial charge >= 0.3 is 0 Å². The van der Waals surface area contributed by atoms with Crippen LogP contribution in [-0.4, -0.2) is 15.5 Å². The molecule has 7 heteroatoms. The van der Waals surface area contributed by atoms with Crippen LogP contribution in [0.4, 0.5) is 0 Å². The second-order valence-electron chi connectivity index (χ2n) is 5.00. The minimum Gasteiger partial charge on any atom is -0.467 e. The van der Waals surface area contributed by atoms with Gasteiger partial charge in [-0.15, -0.1) is 0 Å². The van der Waals surface area contributed by atoms with Gasteiger partial charge in [-0.3, -0.25) is 14.2 Å². The summed E-state index contributed by atoms with van der Waals surface area (Å²) < 4.78 is 11.8. The standard InChI is InChI=1S/C15H15N3O4/c1-9-10(2)22-14-13(9)15(20)18(8-17-14)7-12(19)16-6-11-4-3-5-21-11/h3-5,8H,6-7H2,1-2H3,(H,16,19). The van der Waals surface area contributed by atoms with E-state index in [1.165, 1.54) is 17.2 Å². The molecule has 3 heterocycles. The normalized spacial score (nSPS) is 11.0. The van der Waals surface area contributed by atoms with E-state index >= 15 is 0 Å². The highest BCUT2D eigenvalue weighted by atomic mass is 16.3. The Bertz CT molecular complexity index is 874. The summed E-state index contributed by atoms with van der Waals surface area (Å²) in [6, 6.07) is 3.51. The van der Waals surface area contributed by atoms with Crippen molar-refractivity contribution in [1.29, 1.82) is 0 Å². The van der Waals surface area contributed by atoms with Crippen molar-refractivity contribution in [3.8, 4) is 0 Å². The molecule has 0 saturated heterocycles. The van der Waals surface area contributed by atoms with E-state index in [-0.39, 0.29) is 24.6 Å². The molecule has 7 nitrogen and oxygen atoms in total. The smallest absolute Gasteiger partial charge is 0.265 e. The van der Waals surface area contributed by atoms with E-state index in [1.807, 2.05) is 0 Å². The van der Waals surface area contributed by atoms with E-state index in [4.69, 9.17) is 8.83 Å². The van der Waals surface area contributed by atoms with Crippen LogP contribution in [0.25, 0.3) is 11.1 Å². The second-order valence-corrected chi connectivity index (χ2v) is 5.00. The predicted molar refractivity (Wildman–Crippen MR) is 78.3 cm³/mol. The zero-order valence-corrected chi connectivity index (χ0v) is 12.3. The van der Waals surface area contributed by atoms with Crippen LogP contribution in [0.5, 0.6) is 0 Å². The van der Waals surface area contributed by atoms with E-state index in [9.17, 15) is 9.59 Å². The number of aryl methyl sites for hydroxylation is 2. The minimum absolute atomic E-state index is 0.105. The molecule has 0 radical (unpaired) electrons. The molecule has 22 heavy (non-hydrogen) atoms. The lowest BCUT2D eigenvalue weighted by Gasteiger charge is -2.05. The van der Waals surface area contributed by atoms with Gasteiger partial charge in [0.1, 0.15) is 29.8 Å². The summed E-state index contributed by atoms with van der Waals surface area (Å²) in [4.78, 5) is 28.4. The largest absolute Gasteiger partial charge is 0.467 e. The van der Waals surface area contributed by atoms with Gasteiger partial charge in [-0.25, -0.2) is 4.98 Å². The lowest BCUT2D eigenvalue weighted by atomic mass is 10.2. The van der Waals surface area contributed by atoms with E-state index in [0.29, 0.717) is 22.6 Å². The summed E-state index contributed by atoms with van der Waals surface area (Å²) in [5.74, 6) is 1.01. The third-order valence-corrected chi connectivity index (χ3v) is 3.51. The Balaban J connectivity index is 1.79. The summed E-state index contributed by atoms with van der Waals surface area (Å²) >= 11 is 0. The molecular formula is C15H15N3O4. The molecule has 0 spiro atoms. The Morgan fingerprint density at radius 3 is 2.95 bits per heavy atom. The first kappa shape index (κ1) is 14.1. The average Bonchev–Trinajstić information content (AvgIpc) is 3.09. The van der Waals surface area contributed by atoms with Crippen LogP contribution >= 0.6 is 0 Å².